The van der Waals surface area contributed by atoms with Gasteiger partial charge in [0.2, 0.25) is 0 Å². The lowest BCUT2D eigenvalue weighted by molar-refractivity contribution is 0.694. The van der Waals surface area contributed by atoms with Crippen molar-refractivity contribution in [1.29, 1.82) is 0 Å². The molecule has 80 valence electrons. The molecule has 0 atom stereocenters. The van der Waals surface area contributed by atoms with E-state index in [1.807, 2.05) is 23.5 Å². The molecule has 1 aromatic heterocycles. The van der Waals surface area contributed by atoms with Gasteiger partial charge < -0.3 is 0 Å². The zero-order chi connectivity index (χ0) is 10.7. The third kappa shape index (κ3) is 2.11. The Morgan fingerprint density at radius 2 is 2.53 bits per heavy atom. The Kier molecular flexibility index (Phi) is 3.18. The molecule has 0 saturated carbocycles. The first-order chi connectivity index (χ1) is 7.33. The van der Waals surface area contributed by atoms with Crippen LogP contribution >= 0.6 is 11.8 Å². The van der Waals surface area contributed by atoms with Crippen LogP contribution in [0.3, 0.4) is 0 Å². The van der Waals surface area contributed by atoms with E-state index in [4.69, 9.17) is 5.53 Å². The average Bonchev–Trinajstić information content (AvgIpc) is 2.56. The van der Waals surface area contributed by atoms with Crippen LogP contribution in [0.15, 0.2) is 5.11 Å². The fraction of sp³-hybridized carbons (Fsp3) is 0.667. The molecule has 1 aliphatic rings. The number of aryl methyl sites for hydroxylation is 2. The van der Waals surface area contributed by atoms with Crippen LogP contribution in [0.5, 0.6) is 0 Å². The number of aromatic nitrogens is 2. The quantitative estimate of drug-likeness (QED) is 0.447. The molecule has 15 heavy (non-hydrogen) atoms. The highest BCUT2D eigenvalue weighted by atomic mass is 32.2. The van der Waals surface area contributed by atoms with E-state index in [1.165, 1.54) is 22.7 Å². The van der Waals surface area contributed by atoms with Crippen LogP contribution in [0.2, 0.25) is 0 Å². The van der Waals surface area contributed by atoms with E-state index in [-0.39, 0.29) is 0 Å². The summed E-state index contributed by atoms with van der Waals surface area (Å²) >= 11 is 1.95. The van der Waals surface area contributed by atoms with Crippen LogP contribution in [-0.4, -0.2) is 22.1 Å². The van der Waals surface area contributed by atoms with Crippen molar-refractivity contribution in [2.45, 2.75) is 18.6 Å². The third-order valence-corrected chi connectivity index (χ3v) is 3.59. The summed E-state index contributed by atoms with van der Waals surface area (Å²) in [5.41, 5.74) is 12.1. The van der Waals surface area contributed by atoms with Crippen LogP contribution in [0.4, 0.5) is 0 Å². The number of nitrogens with zero attached hydrogens (tertiary/aromatic N) is 5. The van der Waals surface area contributed by atoms with E-state index in [0.717, 1.165) is 18.6 Å². The van der Waals surface area contributed by atoms with Crippen molar-refractivity contribution in [3.05, 3.63) is 27.4 Å². The van der Waals surface area contributed by atoms with Crippen molar-refractivity contribution >= 4 is 11.8 Å². The van der Waals surface area contributed by atoms with Gasteiger partial charge in [0.15, 0.2) is 0 Å². The molecule has 0 aliphatic carbocycles. The largest absolute Gasteiger partial charge is 0.272 e. The molecule has 0 spiro atoms. The average molecular weight is 223 g/mol. The SMILES string of the molecule is Cn1nc2c(c1CCN=[N+]=[N-])CSCC2. The van der Waals surface area contributed by atoms with Gasteiger partial charge in [-0.3, -0.25) is 4.68 Å². The summed E-state index contributed by atoms with van der Waals surface area (Å²) in [6, 6.07) is 0. The predicted molar refractivity (Wildman–Crippen MR) is 60.8 cm³/mol. The van der Waals surface area contributed by atoms with Crippen molar-refractivity contribution in [3.63, 3.8) is 0 Å². The molecular weight excluding hydrogens is 210 g/mol. The molecule has 0 radical (unpaired) electrons. The Hall–Kier alpha value is -1.13. The van der Waals surface area contributed by atoms with E-state index < -0.39 is 0 Å². The van der Waals surface area contributed by atoms with Crippen molar-refractivity contribution in [2.24, 2.45) is 12.2 Å². The normalized spacial score (nSPS) is 14.5. The summed E-state index contributed by atoms with van der Waals surface area (Å²) in [5, 5.41) is 8.07. The summed E-state index contributed by atoms with van der Waals surface area (Å²) in [4.78, 5) is 2.77. The van der Waals surface area contributed by atoms with Gasteiger partial charge in [-0.1, -0.05) is 5.11 Å². The molecule has 6 heteroatoms. The van der Waals surface area contributed by atoms with E-state index in [9.17, 15) is 0 Å². The third-order valence-electron chi connectivity index (χ3n) is 2.60. The second-order valence-electron chi connectivity index (χ2n) is 3.50. The molecule has 2 heterocycles. The fourth-order valence-corrected chi connectivity index (χ4v) is 2.91. The van der Waals surface area contributed by atoms with Gasteiger partial charge in [0, 0.05) is 41.9 Å². The van der Waals surface area contributed by atoms with Crippen molar-refractivity contribution < 1.29 is 0 Å². The highest BCUT2D eigenvalue weighted by Crippen LogP contribution is 2.26. The van der Waals surface area contributed by atoms with Gasteiger partial charge in [-0.2, -0.15) is 16.9 Å². The summed E-state index contributed by atoms with van der Waals surface area (Å²) in [7, 11) is 1.97. The number of azide groups is 1. The molecule has 1 aliphatic heterocycles. The molecule has 0 saturated heterocycles. The molecule has 2 rings (SSSR count). The molecule has 0 unspecified atom stereocenters. The minimum Gasteiger partial charge on any atom is -0.272 e. The summed E-state index contributed by atoms with van der Waals surface area (Å²) in [6.45, 7) is 0.521. The van der Waals surface area contributed by atoms with Gasteiger partial charge in [-0.05, 0) is 17.7 Å². The van der Waals surface area contributed by atoms with Crippen molar-refractivity contribution in [1.82, 2.24) is 9.78 Å². The highest BCUT2D eigenvalue weighted by Gasteiger charge is 2.18. The topological polar surface area (TPSA) is 66.6 Å². The maximum atomic E-state index is 8.23. The second-order valence-corrected chi connectivity index (χ2v) is 4.61. The molecule has 0 N–H and O–H groups in total. The molecule has 0 aromatic carbocycles. The molecule has 0 amide bonds. The molecular formula is C9H13N5S. The molecule has 0 bridgehead atoms. The number of fused-ring (bicyclic) bond motifs is 1. The van der Waals surface area contributed by atoms with Gasteiger partial charge >= 0.3 is 0 Å². The fourth-order valence-electron chi connectivity index (χ4n) is 1.89. The van der Waals surface area contributed by atoms with E-state index in [1.54, 1.807) is 0 Å². The van der Waals surface area contributed by atoms with Crippen LogP contribution in [0.1, 0.15) is 17.0 Å². The predicted octanol–water partition coefficient (Wildman–Crippen LogP) is 2.06. The first-order valence-corrected chi connectivity index (χ1v) is 6.10. The lowest BCUT2D eigenvalue weighted by atomic mass is 10.1. The van der Waals surface area contributed by atoms with Gasteiger partial charge in [-0.25, -0.2) is 0 Å². The van der Waals surface area contributed by atoms with Crippen LogP contribution < -0.4 is 0 Å². The minimum atomic E-state index is 0.521. The summed E-state index contributed by atoms with van der Waals surface area (Å²) in [6.07, 6.45) is 1.86. The Morgan fingerprint density at radius 3 is 3.33 bits per heavy atom. The first kappa shape index (κ1) is 10.4. The Morgan fingerprint density at radius 1 is 1.67 bits per heavy atom. The molecule has 0 fully saturated rings. The monoisotopic (exact) mass is 223 g/mol. The Bertz CT molecular complexity index is 405. The Labute approximate surface area is 92.5 Å². The lowest BCUT2D eigenvalue weighted by Crippen LogP contribution is -2.04. The van der Waals surface area contributed by atoms with Gasteiger partial charge in [-0.15, -0.1) is 0 Å². The summed E-state index contributed by atoms with van der Waals surface area (Å²) in [5.74, 6) is 2.22. The zero-order valence-electron chi connectivity index (χ0n) is 8.68. The standard InChI is InChI=1S/C9H13N5S/c1-14-9(2-4-11-13-10)7-6-15-5-3-8(7)12-14/h2-6H2,1H3. The number of hydrogen-bond donors (Lipinski definition) is 0. The first-order valence-electron chi connectivity index (χ1n) is 4.95. The zero-order valence-corrected chi connectivity index (χ0v) is 9.50. The second kappa shape index (κ2) is 4.59. The molecule has 1 aromatic rings. The van der Waals surface area contributed by atoms with Gasteiger partial charge in [0.25, 0.3) is 0 Å². The Balaban J connectivity index is 2.21. The number of thioether (sulfide) groups is 1. The van der Waals surface area contributed by atoms with Crippen LogP contribution in [0.25, 0.3) is 10.4 Å². The molecule has 5 nitrogen and oxygen atoms in total. The van der Waals surface area contributed by atoms with E-state index in [0.29, 0.717) is 6.54 Å². The van der Waals surface area contributed by atoms with Crippen molar-refractivity contribution in [2.75, 3.05) is 12.3 Å². The summed E-state index contributed by atoms with van der Waals surface area (Å²) < 4.78 is 1.93. The number of hydrogen-bond acceptors (Lipinski definition) is 3. The van der Waals surface area contributed by atoms with Gasteiger partial charge in [0.1, 0.15) is 0 Å². The van der Waals surface area contributed by atoms with Crippen LogP contribution in [-0.2, 0) is 25.6 Å². The van der Waals surface area contributed by atoms with E-state index in [2.05, 4.69) is 15.1 Å². The maximum absolute atomic E-state index is 8.23. The minimum absolute atomic E-state index is 0.521. The number of rotatable bonds is 3. The van der Waals surface area contributed by atoms with Gasteiger partial charge in [0.05, 0.1) is 5.69 Å². The maximum Gasteiger partial charge on any atom is 0.0676 e. The smallest absolute Gasteiger partial charge is 0.0676 e. The lowest BCUT2D eigenvalue weighted by Gasteiger charge is -2.10. The highest BCUT2D eigenvalue weighted by molar-refractivity contribution is 7.98. The van der Waals surface area contributed by atoms with E-state index >= 15 is 0 Å². The van der Waals surface area contributed by atoms with Crippen molar-refractivity contribution in [3.8, 4) is 0 Å². The van der Waals surface area contributed by atoms with Crippen LogP contribution in [0, 0.1) is 0 Å².